The number of aromatic nitrogens is 2. The highest BCUT2D eigenvalue weighted by Crippen LogP contribution is 2.24. The van der Waals surface area contributed by atoms with E-state index in [0.29, 0.717) is 22.9 Å². The molecule has 6 heteroatoms. The van der Waals surface area contributed by atoms with Crippen LogP contribution < -0.4 is 10.1 Å². The van der Waals surface area contributed by atoms with Crippen LogP contribution in [0.1, 0.15) is 54.9 Å². The van der Waals surface area contributed by atoms with Crippen LogP contribution in [0.25, 0.3) is 0 Å². The number of carbonyl (C=O) groups is 1. The van der Waals surface area contributed by atoms with Gasteiger partial charge in [-0.1, -0.05) is 56.6 Å². The van der Waals surface area contributed by atoms with Gasteiger partial charge in [0.05, 0.1) is 11.6 Å². The van der Waals surface area contributed by atoms with Crippen molar-refractivity contribution in [3.63, 3.8) is 0 Å². The summed E-state index contributed by atoms with van der Waals surface area (Å²) in [6.45, 7) is 9.94. The lowest BCUT2D eigenvalue weighted by Gasteiger charge is -2.19. The van der Waals surface area contributed by atoms with E-state index in [2.05, 4.69) is 43.3 Å². The van der Waals surface area contributed by atoms with Gasteiger partial charge in [-0.15, -0.1) is 0 Å². The van der Waals surface area contributed by atoms with Crippen LogP contribution in [0.5, 0.6) is 5.75 Å². The molecule has 158 valence electrons. The third-order valence-electron chi connectivity index (χ3n) is 4.84. The Morgan fingerprint density at radius 1 is 1.17 bits per heavy atom. The first-order chi connectivity index (χ1) is 14.3. The zero-order chi connectivity index (χ0) is 21.7. The molecule has 0 aliphatic heterocycles. The van der Waals surface area contributed by atoms with Crippen LogP contribution in [0, 0.1) is 0 Å². The predicted molar refractivity (Wildman–Crippen MR) is 120 cm³/mol. The third kappa shape index (κ3) is 5.63. The largest absolute Gasteiger partial charge is 0.489 e. The molecule has 1 N–H and O–H groups in total. The van der Waals surface area contributed by atoms with E-state index in [1.807, 2.05) is 37.3 Å². The number of halogens is 1. The Hall–Kier alpha value is -2.79. The molecule has 0 unspecified atom stereocenters. The van der Waals surface area contributed by atoms with Gasteiger partial charge in [0.15, 0.2) is 0 Å². The van der Waals surface area contributed by atoms with Gasteiger partial charge in [0.2, 0.25) is 0 Å². The van der Waals surface area contributed by atoms with E-state index in [0.717, 1.165) is 17.9 Å². The number of nitrogens with one attached hydrogen (secondary N) is 1. The maximum atomic E-state index is 12.5. The Morgan fingerprint density at radius 3 is 2.53 bits per heavy atom. The van der Waals surface area contributed by atoms with E-state index >= 15 is 0 Å². The Kier molecular flexibility index (Phi) is 6.83. The summed E-state index contributed by atoms with van der Waals surface area (Å²) >= 11 is 6.16. The van der Waals surface area contributed by atoms with Crippen LogP contribution in [-0.4, -0.2) is 15.7 Å². The molecule has 1 amide bonds. The topological polar surface area (TPSA) is 56.2 Å². The summed E-state index contributed by atoms with van der Waals surface area (Å²) < 4.78 is 7.64. The molecule has 0 bridgehead atoms. The summed E-state index contributed by atoms with van der Waals surface area (Å²) in [5.41, 5.74) is 3.53. The molecule has 0 aliphatic carbocycles. The monoisotopic (exact) mass is 425 g/mol. The molecule has 0 aliphatic rings. The number of hydrogen-bond donors (Lipinski definition) is 1. The maximum absolute atomic E-state index is 12.5. The number of carbonyl (C=O) groups excluding carboxylic acids is 1. The van der Waals surface area contributed by atoms with Crippen LogP contribution in [0.4, 0.5) is 0 Å². The highest BCUT2D eigenvalue weighted by molar-refractivity contribution is 6.31. The predicted octanol–water partition coefficient (Wildman–Crippen LogP) is 5.36. The minimum Gasteiger partial charge on any atom is -0.489 e. The van der Waals surface area contributed by atoms with E-state index in [4.69, 9.17) is 16.3 Å². The summed E-state index contributed by atoms with van der Waals surface area (Å²) in [7, 11) is 0. The fourth-order valence-electron chi connectivity index (χ4n) is 3.01. The molecular weight excluding hydrogens is 398 g/mol. The molecule has 0 atom stereocenters. The van der Waals surface area contributed by atoms with Crippen LogP contribution in [0.3, 0.4) is 0 Å². The second-order valence-corrected chi connectivity index (χ2v) is 8.63. The normalized spacial score (nSPS) is 11.4. The second kappa shape index (κ2) is 9.35. The lowest BCUT2D eigenvalue weighted by molar-refractivity contribution is 0.0950. The van der Waals surface area contributed by atoms with Crippen molar-refractivity contribution in [2.24, 2.45) is 0 Å². The minimum absolute atomic E-state index is 0.110. The summed E-state index contributed by atoms with van der Waals surface area (Å²) in [4.78, 5) is 12.5. The van der Waals surface area contributed by atoms with Crippen LogP contribution in [0.15, 0.2) is 54.7 Å². The highest BCUT2D eigenvalue weighted by Gasteiger charge is 2.13. The molecule has 3 aromatic rings. The number of ether oxygens (including phenoxy) is 1. The Balaban J connectivity index is 1.58. The van der Waals surface area contributed by atoms with E-state index in [9.17, 15) is 4.79 Å². The first kappa shape index (κ1) is 21.9. The minimum atomic E-state index is -0.173. The molecular formula is C24H28ClN3O2. The summed E-state index contributed by atoms with van der Waals surface area (Å²) in [6, 6.07) is 15.6. The smallest absolute Gasteiger partial charge is 0.251 e. The van der Waals surface area contributed by atoms with E-state index in [-0.39, 0.29) is 17.9 Å². The number of nitrogens with zero attached hydrogens (tertiary/aromatic N) is 2. The van der Waals surface area contributed by atoms with Crippen molar-refractivity contribution in [3.8, 4) is 5.75 Å². The van der Waals surface area contributed by atoms with Crippen LogP contribution >= 0.6 is 11.6 Å². The van der Waals surface area contributed by atoms with Crippen molar-refractivity contribution >= 4 is 17.5 Å². The number of amides is 1. The zero-order valence-corrected chi connectivity index (χ0v) is 18.7. The number of hydrogen-bond acceptors (Lipinski definition) is 3. The van der Waals surface area contributed by atoms with Crippen molar-refractivity contribution in [2.45, 2.75) is 52.8 Å². The number of benzene rings is 2. The summed E-state index contributed by atoms with van der Waals surface area (Å²) in [5.74, 6) is 0.632. The SMILES string of the molecule is CCn1cc(Cl)c(CNC(=O)c2cccc(COc3ccc(C(C)(C)C)cc3)c2)n1. The summed E-state index contributed by atoms with van der Waals surface area (Å²) in [5, 5.41) is 7.77. The first-order valence-corrected chi connectivity index (χ1v) is 10.5. The molecule has 3 rings (SSSR count). The van der Waals surface area contributed by atoms with Gasteiger partial charge in [-0.3, -0.25) is 9.48 Å². The van der Waals surface area contributed by atoms with Gasteiger partial charge in [0.1, 0.15) is 18.1 Å². The first-order valence-electron chi connectivity index (χ1n) is 10.1. The number of rotatable bonds is 7. The van der Waals surface area contributed by atoms with Crippen LogP contribution in [0.2, 0.25) is 5.02 Å². The standard InChI is InChI=1S/C24H28ClN3O2/c1-5-28-15-21(25)22(27-28)14-26-23(29)18-8-6-7-17(13-18)16-30-20-11-9-19(10-12-20)24(2,3)4/h6-13,15H,5,14,16H2,1-4H3,(H,26,29). The van der Waals surface area contributed by atoms with Crippen molar-refractivity contribution in [1.82, 2.24) is 15.1 Å². The van der Waals surface area contributed by atoms with Gasteiger partial charge in [-0.05, 0) is 47.7 Å². The third-order valence-corrected chi connectivity index (χ3v) is 5.16. The average molecular weight is 426 g/mol. The van der Waals surface area contributed by atoms with E-state index < -0.39 is 0 Å². The quantitative estimate of drug-likeness (QED) is 0.554. The molecule has 1 aromatic heterocycles. The lowest BCUT2D eigenvalue weighted by atomic mass is 9.87. The fraction of sp³-hybridized carbons (Fsp3) is 0.333. The second-order valence-electron chi connectivity index (χ2n) is 8.23. The molecule has 30 heavy (non-hydrogen) atoms. The average Bonchev–Trinajstić information content (AvgIpc) is 3.10. The molecule has 1 heterocycles. The summed E-state index contributed by atoms with van der Waals surface area (Å²) in [6.07, 6.45) is 1.76. The van der Waals surface area contributed by atoms with Gasteiger partial charge >= 0.3 is 0 Å². The van der Waals surface area contributed by atoms with Crippen molar-refractivity contribution in [2.75, 3.05) is 0 Å². The van der Waals surface area contributed by atoms with Gasteiger partial charge in [-0.2, -0.15) is 5.10 Å². The number of aryl methyl sites for hydroxylation is 1. The van der Waals surface area contributed by atoms with E-state index in [1.165, 1.54) is 5.56 Å². The molecule has 0 spiro atoms. The van der Waals surface area contributed by atoms with Gasteiger partial charge in [-0.25, -0.2) is 0 Å². The highest BCUT2D eigenvalue weighted by atomic mass is 35.5. The molecule has 2 aromatic carbocycles. The Bertz CT molecular complexity index is 1000. The Morgan fingerprint density at radius 2 is 1.90 bits per heavy atom. The maximum Gasteiger partial charge on any atom is 0.251 e. The van der Waals surface area contributed by atoms with Gasteiger partial charge in [0.25, 0.3) is 5.91 Å². The van der Waals surface area contributed by atoms with Crippen molar-refractivity contribution in [1.29, 1.82) is 0 Å². The van der Waals surface area contributed by atoms with Crippen molar-refractivity contribution in [3.05, 3.63) is 82.1 Å². The molecule has 0 fully saturated rings. The molecule has 0 saturated carbocycles. The van der Waals surface area contributed by atoms with Gasteiger partial charge < -0.3 is 10.1 Å². The van der Waals surface area contributed by atoms with Gasteiger partial charge in [0, 0.05) is 18.3 Å². The lowest BCUT2D eigenvalue weighted by Crippen LogP contribution is -2.23. The molecule has 0 radical (unpaired) electrons. The fourth-order valence-corrected chi connectivity index (χ4v) is 3.22. The van der Waals surface area contributed by atoms with E-state index in [1.54, 1.807) is 16.9 Å². The Labute approximate surface area is 183 Å². The molecule has 0 saturated heterocycles. The van der Waals surface area contributed by atoms with Crippen LogP contribution in [-0.2, 0) is 25.1 Å². The molecule has 5 nitrogen and oxygen atoms in total. The zero-order valence-electron chi connectivity index (χ0n) is 17.9. The van der Waals surface area contributed by atoms with Crippen molar-refractivity contribution < 1.29 is 9.53 Å².